The number of aryl methyl sites for hydroxylation is 1. The number of pyridine rings is 1. The highest BCUT2D eigenvalue weighted by atomic mass is 16.2. The van der Waals surface area contributed by atoms with Crippen molar-refractivity contribution in [2.24, 2.45) is 0 Å². The molecule has 0 bridgehead atoms. The molecule has 0 N–H and O–H groups in total. The van der Waals surface area contributed by atoms with Gasteiger partial charge < -0.3 is 4.90 Å². The van der Waals surface area contributed by atoms with E-state index < -0.39 is 0 Å². The Morgan fingerprint density at radius 2 is 2.18 bits per heavy atom. The number of nitrogens with zero attached hydrogens (tertiary/aromatic N) is 4. The van der Waals surface area contributed by atoms with Crippen molar-refractivity contribution in [1.29, 1.82) is 0 Å². The number of likely N-dealkylation sites (tertiary alicyclic amines) is 1. The molecule has 0 aliphatic carbocycles. The summed E-state index contributed by atoms with van der Waals surface area (Å²) in [5.41, 5.74) is 2.83. The number of hydrogen-bond acceptors (Lipinski definition) is 3. The highest BCUT2D eigenvalue weighted by Crippen LogP contribution is 2.27. The summed E-state index contributed by atoms with van der Waals surface area (Å²) in [6.45, 7) is 7.67. The predicted molar refractivity (Wildman–Crippen MR) is 84.8 cm³/mol. The van der Waals surface area contributed by atoms with Crippen molar-refractivity contribution in [3.05, 3.63) is 47.5 Å². The third-order valence-electron chi connectivity index (χ3n) is 4.19. The average molecular weight is 298 g/mol. The standard InChI is InChI=1S/C17H22N4O/c1-12(2)21-9-6-15(19-21)17(22)20-8-5-14(11-20)16-10-13(3)4-7-18-16/h4,6-7,9-10,12,14H,5,8,11H2,1-3H3/t14-/m0/s1. The van der Waals surface area contributed by atoms with Crippen LogP contribution >= 0.6 is 0 Å². The molecule has 0 saturated carbocycles. The molecule has 1 saturated heterocycles. The molecule has 0 radical (unpaired) electrons. The van der Waals surface area contributed by atoms with E-state index in [1.807, 2.05) is 28.0 Å². The van der Waals surface area contributed by atoms with Gasteiger partial charge in [-0.25, -0.2) is 0 Å². The van der Waals surface area contributed by atoms with Crippen molar-refractivity contribution >= 4 is 5.91 Å². The highest BCUT2D eigenvalue weighted by molar-refractivity contribution is 5.92. The van der Waals surface area contributed by atoms with Gasteiger partial charge in [-0.05, 0) is 51.0 Å². The van der Waals surface area contributed by atoms with Crippen molar-refractivity contribution in [1.82, 2.24) is 19.7 Å². The summed E-state index contributed by atoms with van der Waals surface area (Å²) >= 11 is 0. The third kappa shape index (κ3) is 2.89. The summed E-state index contributed by atoms with van der Waals surface area (Å²) in [7, 11) is 0. The Morgan fingerprint density at radius 1 is 1.36 bits per heavy atom. The zero-order valence-electron chi connectivity index (χ0n) is 13.4. The Balaban J connectivity index is 1.70. The van der Waals surface area contributed by atoms with Crippen LogP contribution < -0.4 is 0 Å². The van der Waals surface area contributed by atoms with Gasteiger partial charge in [-0.15, -0.1) is 0 Å². The molecule has 2 aromatic heterocycles. The van der Waals surface area contributed by atoms with Gasteiger partial charge in [0.05, 0.1) is 0 Å². The van der Waals surface area contributed by atoms with Crippen molar-refractivity contribution in [3.8, 4) is 0 Å². The van der Waals surface area contributed by atoms with E-state index in [1.165, 1.54) is 5.56 Å². The Hall–Kier alpha value is -2.17. The van der Waals surface area contributed by atoms with Crippen molar-refractivity contribution in [3.63, 3.8) is 0 Å². The molecule has 3 heterocycles. The van der Waals surface area contributed by atoms with Crippen LogP contribution in [0.15, 0.2) is 30.6 Å². The molecule has 0 unspecified atom stereocenters. The second kappa shape index (κ2) is 5.91. The van der Waals surface area contributed by atoms with Crippen LogP contribution in [0.5, 0.6) is 0 Å². The van der Waals surface area contributed by atoms with Crippen molar-refractivity contribution in [2.45, 2.75) is 39.2 Å². The fourth-order valence-electron chi connectivity index (χ4n) is 2.87. The van der Waals surface area contributed by atoms with Crippen LogP contribution in [0.25, 0.3) is 0 Å². The third-order valence-corrected chi connectivity index (χ3v) is 4.19. The number of rotatable bonds is 3. The maximum absolute atomic E-state index is 12.6. The summed E-state index contributed by atoms with van der Waals surface area (Å²) in [5.74, 6) is 0.352. The molecule has 116 valence electrons. The second-order valence-corrected chi connectivity index (χ2v) is 6.27. The van der Waals surface area contributed by atoms with Gasteiger partial charge in [0.1, 0.15) is 5.69 Å². The monoisotopic (exact) mass is 298 g/mol. The number of amides is 1. The molecule has 1 amide bonds. The highest BCUT2D eigenvalue weighted by Gasteiger charge is 2.29. The molecule has 1 aliphatic heterocycles. The van der Waals surface area contributed by atoms with Gasteiger partial charge in [0.2, 0.25) is 0 Å². The van der Waals surface area contributed by atoms with E-state index >= 15 is 0 Å². The summed E-state index contributed by atoms with van der Waals surface area (Å²) in [4.78, 5) is 18.9. The first-order valence-electron chi connectivity index (χ1n) is 7.81. The van der Waals surface area contributed by atoms with E-state index in [-0.39, 0.29) is 11.9 Å². The van der Waals surface area contributed by atoms with Crippen LogP contribution in [-0.4, -0.2) is 38.7 Å². The first-order valence-corrected chi connectivity index (χ1v) is 7.81. The van der Waals surface area contributed by atoms with Crippen LogP contribution in [0.1, 0.15) is 54.0 Å². The van der Waals surface area contributed by atoms with Crippen LogP contribution in [0, 0.1) is 6.92 Å². The summed E-state index contributed by atoms with van der Waals surface area (Å²) in [6.07, 6.45) is 4.68. The van der Waals surface area contributed by atoms with Crippen LogP contribution in [0.3, 0.4) is 0 Å². The van der Waals surface area contributed by atoms with E-state index in [0.717, 1.165) is 25.2 Å². The van der Waals surface area contributed by atoms with E-state index in [0.29, 0.717) is 11.6 Å². The molecule has 2 aromatic rings. The van der Waals surface area contributed by atoms with Gasteiger partial charge in [0.25, 0.3) is 5.91 Å². The molecule has 0 aromatic carbocycles. The molecule has 22 heavy (non-hydrogen) atoms. The molecule has 3 rings (SSSR count). The smallest absolute Gasteiger partial charge is 0.274 e. The van der Waals surface area contributed by atoms with E-state index in [9.17, 15) is 4.79 Å². The lowest BCUT2D eigenvalue weighted by atomic mass is 10.0. The lowest BCUT2D eigenvalue weighted by Crippen LogP contribution is -2.29. The van der Waals surface area contributed by atoms with Crippen LogP contribution in [0.4, 0.5) is 0 Å². The number of hydrogen-bond donors (Lipinski definition) is 0. The van der Waals surface area contributed by atoms with Gasteiger partial charge in [-0.1, -0.05) is 0 Å². The zero-order chi connectivity index (χ0) is 15.7. The minimum atomic E-state index is 0.0227. The summed E-state index contributed by atoms with van der Waals surface area (Å²) in [6, 6.07) is 6.19. The fourth-order valence-corrected chi connectivity index (χ4v) is 2.87. The van der Waals surface area contributed by atoms with Crippen molar-refractivity contribution < 1.29 is 4.79 Å². The molecule has 1 atom stereocenters. The summed E-state index contributed by atoms with van der Waals surface area (Å²) < 4.78 is 1.82. The van der Waals surface area contributed by atoms with Gasteiger partial charge in [0, 0.05) is 43.1 Å². The lowest BCUT2D eigenvalue weighted by Gasteiger charge is -2.15. The Kier molecular flexibility index (Phi) is 3.96. The van der Waals surface area contributed by atoms with Crippen molar-refractivity contribution in [2.75, 3.05) is 13.1 Å². The van der Waals surface area contributed by atoms with E-state index in [4.69, 9.17) is 0 Å². The fraction of sp³-hybridized carbons (Fsp3) is 0.471. The largest absolute Gasteiger partial charge is 0.337 e. The number of aromatic nitrogens is 3. The normalized spacial score (nSPS) is 18.2. The first kappa shape index (κ1) is 14.8. The Morgan fingerprint density at radius 3 is 2.86 bits per heavy atom. The minimum absolute atomic E-state index is 0.0227. The molecule has 5 nitrogen and oxygen atoms in total. The first-order chi connectivity index (χ1) is 10.5. The molecule has 0 spiro atoms. The molecule has 5 heteroatoms. The molecular formula is C17H22N4O. The van der Waals surface area contributed by atoms with E-state index in [2.05, 4.69) is 36.9 Å². The maximum atomic E-state index is 12.6. The zero-order valence-corrected chi connectivity index (χ0v) is 13.4. The van der Waals surface area contributed by atoms with E-state index in [1.54, 1.807) is 6.07 Å². The van der Waals surface area contributed by atoms with Crippen LogP contribution in [-0.2, 0) is 0 Å². The van der Waals surface area contributed by atoms with Gasteiger partial charge in [-0.3, -0.25) is 14.5 Å². The average Bonchev–Trinajstić information content (AvgIpc) is 3.16. The van der Waals surface area contributed by atoms with Gasteiger partial charge in [-0.2, -0.15) is 5.10 Å². The quantitative estimate of drug-likeness (QED) is 0.875. The number of carbonyl (C=O) groups excluding carboxylic acids is 1. The van der Waals surface area contributed by atoms with Gasteiger partial charge in [0.15, 0.2) is 0 Å². The topological polar surface area (TPSA) is 51.0 Å². The number of carbonyl (C=O) groups is 1. The molecule has 1 aliphatic rings. The minimum Gasteiger partial charge on any atom is -0.337 e. The Labute approximate surface area is 131 Å². The molecular weight excluding hydrogens is 276 g/mol. The van der Waals surface area contributed by atoms with Gasteiger partial charge >= 0.3 is 0 Å². The maximum Gasteiger partial charge on any atom is 0.274 e. The lowest BCUT2D eigenvalue weighted by molar-refractivity contribution is 0.0783. The second-order valence-electron chi connectivity index (χ2n) is 6.27. The van der Waals surface area contributed by atoms with Crippen LogP contribution in [0.2, 0.25) is 0 Å². The molecule has 1 fully saturated rings. The summed E-state index contributed by atoms with van der Waals surface area (Å²) in [5, 5.41) is 4.38. The Bertz CT molecular complexity index is 677. The SMILES string of the molecule is Cc1ccnc([C@H]2CCN(C(=O)c3ccn(C(C)C)n3)C2)c1. The predicted octanol–water partition coefficient (Wildman–Crippen LogP) is 2.80.